The Hall–Kier alpha value is -1.13. The smallest absolute Gasteiger partial charge is 0.213 e. The second-order valence-electron chi connectivity index (χ2n) is 4.16. The maximum Gasteiger partial charge on any atom is 0.213 e. The zero-order valence-electron chi connectivity index (χ0n) is 9.65. The Balaban J connectivity index is 2.92. The largest absolute Gasteiger partial charge is 0.475 e. The van der Waals surface area contributed by atoms with Gasteiger partial charge in [0.25, 0.3) is 0 Å². The molecule has 15 heavy (non-hydrogen) atoms. The van der Waals surface area contributed by atoms with E-state index < -0.39 is 5.60 Å². The van der Waals surface area contributed by atoms with Crippen molar-refractivity contribution in [2.45, 2.75) is 39.4 Å². The second-order valence-corrected chi connectivity index (χ2v) is 4.16. The maximum atomic E-state index is 5.49. The first kappa shape index (κ1) is 11.9. The molecule has 0 aliphatic carbocycles. The number of aromatic nitrogens is 1. The van der Waals surface area contributed by atoms with E-state index in [4.69, 9.17) is 15.5 Å². The molecule has 0 unspecified atom stereocenters. The molecule has 0 radical (unpaired) electrons. The molecule has 2 N–H and O–H groups in total. The lowest BCUT2D eigenvalue weighted by molar-refractivity contribution is -0.0272. The predicted octanol–water partition coefficient (Wildman–Crippen LogP) is 1.99. The van der Waals surface area contributed by atoms with Gasteiger partial charge in [0.1, 0.15) is 5.60 Å². The summed E-state index contributed by atoms with van der Waals surface area (Å²) in [5.41, 5.74) is 0.152. The van der Waals surface area contributed by atoms with E-state index in [1.807, 2.05) is 45.9 Å². The minimum atomic E-state index is -0.601. The van der Waals surface area contributed by atoms with Crippen LogP contribution in [0.5, 0.6) is 5.88 Å². The average Bonchev–Trinajstić information content (AvgIpc) is 2.17. The Labute approximate surface area is 90.4 Å². The SMILES string of the molecule is CC(C)Oc1cccc(C(C)(C)ON)n1. The van der Waals surface area contributed by atoms with Crippen LogP contribution in [-0.2, 0) is 10.4 Å². The van der Waals surface area contributed by atoms with Crippen molar-refractivity contribution in [1.29, 1.82) is 0 Å². The van der Waals surface area contributed by atoms with Gasteiger partial charge in [-0.25, -0.2) is 10.9 Å². The molecule has 84 valence electrons. The molecule has 1 aromatic heterocycles. The molecule has 0 bridgehead atoms. The van der Waals surface area contributed by atoms with Gasteiger partial charge in [0.15, 0.2) is 0 Å². The normalized spacial score (nSPS) is 11.9. The van der Waals surface area contributed by atoms with Crippen LogP contribution in [0.15, 0.2) is 18.2 Å². The van der Waals surface area contributed by atoms with E-state index in [1.54, 1.807) is 0 Å². The number of pyridine rings is 1. The van der Waals surface area contributed by atoms with Gasteiger partial charge < -0.3 is 4.74 Å². The van der Waals surface area contributed by atoms with Gasteiger partial charge in [0, 0.05) is 6.07 Å². The highest BCUT2D eigenvalue weighted by Crippen LogP contribution is 2.22. The van der Waals surface area contributed by atoms with Crippen molar-refractivity contribution in [2.24, 2.45) is 5.90 Å². The molecule has 1 aromatic rings. The molecule has 0 amide bonds. The number of nitrogens with zero attached hydrogens (tertiary/aromatic N) is 1. The number of hydrogen-bond acceptors (Lipinski definition) is 4. The summed E-state index contributed by atoms with van der Waals surface area (Å²) in [7, 11) is 0. The Morgan fingerprint density at radius 3 is 2.53 bits per heavy atom. The fourth-order valence-corrected chi connectivity index (χ4v) is 1.12. The third-order valence-corrected chi connectivity index (χ3v) is 1.99. The summed E-state index contributed by atoms with van der Waals surface area (Å²) >= 11 is 0. The summed E-state index contributed by atoms with van der Waals surface area (Å²) in [6.45, 7) is 7.63. The molecule has 1 heterocycles. The molecule has 0 spiro atoms. The van der Waals surface area contributed by atoms with Crippen molar-refractivity contribution >= 4 is 0 Å². The van der Waals surface area contributed by atoms with Crippen LogP contribution < -0.4 is 10.6 Å². The molecule has 0 atom stereocenters. The van der Waals surface area contributed by atoms with E-state index in [1.165, 1.54) is 0 Å². The summed E-state index contributed by atoms with van der Waals surface area (Å²) in [6.07, 6.45) is 0.106. The minimum absolute atomic E-state index is 0.106. The van der Waals surface area contributed by atoms with E-state index in [2.05, 4.69) is 4.98 Å². The van der Waals surface area contributed by atoms with Crippen molar-refractivity contribution in [3.05, 3.63) is 23.9 Å². The summed E-state index contributed by atoms with van der Waals surface area (Å²) in [6, 6.07) is 5.55. The monoisotopic (exact) mass is 210 g/mol. The topological polar surface area (TPSA) is 57.4 Å². The summed E-state index contributed by atoms with van der Waals surface area (Å²) < 4.78 is 5.49. The summed E-state index contributed by atoms with van der Waals surface area (Å²) in [5.74, 6) is 5.80. The Bertz CT molecular complexity index is 324. The van der Waals surface area contributed by atoms with Crippen molar-refractivity contribution in [2.75, 3.05) is 0 Å². The summed E-state index contributed by atoms with van der Waals surface area (Å²) in [4.78, 5) is 9.19. The molecule has 0 aromatic carbocycles. The van der Waals surface area contributed by atoms with Crippen molar-refractivity contribution in [3.63, 3.8) is 0 Å². The summed E-state index contributed by atoms with van der Waals surface area (Å²) in [5, 5.41) is 0. The lowest BCUT2D eigenvalue weighted by Crippen LogP contribution is -2.26. The van der Waals surface area contributed by atoms with Crippen LogP contribution in [0.25, 0.3) is 0 Å². The zero-order chi connectivity index (χ0) is 11.5. The molecular weight excluding hydrogens is 192 g/mol. The molecule has 0 aliphatic rings. The first-order valence-electron chi connectivity index (χ1n) is 4.98. The number of nitrogens with two attached hydrogens (primary N) is 1. The molecule has 0 saturated heterocycles. The van der Waals surface area contributed by atoms with Gasteiger partial charge in [0.05, 0.1) is 11.8 Å². The van der Waals surface area contributed by atoms with Gasteiger partial charge in [-0.05, 0) is 33.8 Å². The lowest BCUT2D eigenvalue weighted by Gasteiger charge is -2.21. The molecular formula is C11H18N2O2. The van der Waals surface area contributed by atoms with Gasteiger partial charge in [0.2, 0.25) is 5.88 Å². The fourth-order valence-electron chi connectivity index (χ4n) is 1.12. The minimum Gasteiger partial charge on any atom is -0.475 e. The highest BCUT2D eigenvalue weighted by Gasteiger charge is 2.22. The van der Waals surface area contributed by atoms with Crippen molar-refractivity contribution in [1.82, 2.24) is 4.98 Å². The fraction of sp³-hybridized carbons (Fsp3) is 0.545. The second kappa shape index (κ2) is 4.59. The molecule has 0 fully saturated rings. The van der Waals surface area contributed by atoms with E-state index in [-0.39, 0.29) is 6.10 Å². The standard InChI is InChI=1S/C11H18N2O2/c1-8(2)14-10-7-5-6-9(13-10)11(3,4)15-12/h5-8H,12H2,1-4H3. The van der Waals surface area contributed by atoms with E-state index >= 15 is 0 Å². The van der Waals surface area contributed by atoms with Crippen molar-refractivity contribution in [3.8, 4) is 5.88 Å². The van der Waals surface area contributed by atoms with Gasteiger partial charge in [-0.1, -0.05) is 6.07 Å². The van der Waals surface area contributed by atoms with Crippen LogP contribution in [-0.4, -0.2) is 11.1 Å². The van der Waals surface area contributed by atoms with E-state index in [9.17, 15) is 0 Å². The number of rotatable bonds is 4. The molecule has 4 heteroatoms. The van der Waals surface area contributed by atoms with Gasteiger partial charge >= 0.3 is 0 Å². The van der Waals surface area contributed by atoms with Crippen LogP contribution in [0.1, 0.15) is 33.4 Å². The molecule has 4 nitrogen and oxygen atoms in total. The molecule has 0 aliphatic heterocycles. The van der Waals surface area contributed by atoms with E-state index in [0.29, 0.717) is 5.88 Å². The Kier molecular flexibility index (Phi) is 3.66. The first-order chi connectivity index (χ1) is 6.95. The van der Waals surface area contributed by atoms with Gasteiger partial charge in [-0.15, -0.1) is 0 Å². The van der Waals surface area contributed by atoms with Crippen LogP contribution in [0.2, 0.25) is 0 Å². The van der Waals surface area contributed by atoms with Crippen LogP contribution in [0.3, 0.4) is 0 Å². The number of hydrogen-bond donors (Lipinski definition) is 1. The van der Waals surface area contributed by atoms with E-state index in [0.717, 1.165) is 5.69 Å². The quantitative estimate of drug-likeness (QED) is 0.772. The molecule has 1 rings (SSSR count). The van der Waals surface area contributed by atoms with Crippen molar-refractivity contribution < 1.29 is 9.57 Å². The lowest BCUT2D eigenvalue weighted by atomic mass is 10.1. The van der Waals surface area contributed by atoms with Gasteiger partial charge in [-0.3, -0.25) is 4.84 Å². The first-order valence-corrected chi connectivity index (χ1v) is 4.98. The highest BCUT2D eigenvalue weighted by molar-refractivity contribution is 5.19. The van der Waals surface area contributed by atoms with Gasteiger partial charge in [-0.2, -0.15) is 0 Å². The Morgan fingerprint density at radius 2 is 2.00 bits per heavy atom. The third-order valence-electron chi connectivity index (χ3n) is 1.99. The molecule has 0 saturated carbocycles. The van der Waals surface area contributed by atoms with Crippen LogP contribution >= 0.6 is 0 Å². The Morgan fingerprint density at radius 1 is 1.33 bits per heavy atom. The zero-order valence-corrected chi connectivity index (χ0v) is 9.65. The predicted molar refractivity (Wildman–Crippen MR) is 58.3 cm³/mol. The van der Waals surface area contributed by atoms with Crippen LogP contribution in [0, 0.1) is 0 Å². The maximum absolute atomic E-state index is 5.49. The average molecular weight is 210 g/mol. The third kappa shape index (κ3) is 3.18. The van der Waals surface area contributed by atoms with Crippen LogP contribution in [0.4, 0.5) is 0 Å². The highest BCUT2D eigenvalue weighted by atomic mass is 16.6. The number of ether oxygens (including phenoxy) is 1.